The number of aryl methyl sites for hydroxylation is 1. The van der Waals surface area contributed by atoms with Crippen LogP contribution in [0.25, 0.3) is 0 Å². The summed E-state index contributed by atoms with van der Waals surface area (Å²) in [6, 6.07) is 6.12. The molecule has 0 bridgehead atoms. The summed E-state index contributed by atoms with van der Waals surface area (Å²) in [6.07, 6.45) is 2.31. The van der Waals surface area contributed by atoms with Crippen molar-refractivity contribution in [3.8, 4) is 0 Å². The molecule has 0 saturated heterocycles. The zero-order chi connectivity index (χ0) is 14.0. The number of rotatable bonds is 6. The van der Waals surface area contributed by atoms with Gasteiger partial charge in [-0.1, -0.05) is 6.07 Å². The maximum atomic E-state index is 12.2. The minimum absolute atomic E-state index is 0.458. The van der Waals surface area contributed by atoms with Crippen LogP contribution in [0, 0.1) is 6.92 Å². The van der Waals surface area contributed by atoms with Crippen LogP contribution < -0.4 is 10.0 Å². The second kappa shape index (κ2) is 5.81. The summed E-state index contributed by atoms with van der Waals surface area (Å²) in [5.41, 5.74) is 1.61. The van der Waals surface area contributed by atoms with Crippen molar-refractivity contribution >= 4 is 31.6 Å². The van der Waals surface area contributed by atoms with E-state index in [1.807, 2.05) is 25.1 Å². The van der Waals surface area contributed by atoms with Gasteiger partial charge >= 0.3 is 0 Å². The van der Waals surface area contributed by atoms with E-state index >= 15 is 0 Å². The second-order valence-electron chi connectivity index (χ2n) is 5.12. The Morgan fingerprint density at radius 3 is 2.74 bits per heavy atom. The summed E-state index contributed by atoms with van der Waals surface area (Å²) < 4.78 is 27.9. The third-order valence-corrected chi connectivity index (χ3v) is 5.60. The van der Waals surface area contributed by atoms with Gasteiger partial charge in [0.05, 0.1) is 10.9 Å². The van der Waals surface area contributed by atoms with E-state index in [4.69, 9.17) is 0 Å². The summed E-state index contributed by atoms with van der Waals surface area (Å²) >= 11 is 3.36. The minimum Gasteiger partial charge on any atom is -0.313 e. The second-order valence-corrected chi connectivity index (χ2v) is 8.08. The molecule has 0 aromatic heterocycles. The highest BCUT2D eigenvalue weighted by molar-refractivity contribution is 9.10. The van der Waals surface area contributed by atoms with E-state index in [1.165, 1.54) is 0 Å². The van der Waals surface area contributed by atoms with Gasteiger partial charge in [-0.2, -0.15) is 0 Å². The minimum atomic E-state index is -3.36. The lowest BCUT2D eigenvalue weighted by Gasteiger charge is -2.16. The molecule has 0 amide bonds. The normalized spacial score (nSPS) is 17.2. The van der Waals surface area contributed by atoms with Crippen molar-refractivity contribution in [3.63, 3.8) is 0 Å². The standard InChI is InChI=1S/C13H19BrN2O2S/c1-9-3-6-12(14)13(7-9)16-19(17,18)10(2)8-15-11-4-5-11/h3,6-7,10-11,15-16H,4-5,8H2,1-2H3. The molecule has 0 heterocycles. The van der Waals surface area contributed by atoms with Crippen molar-refractivity contribution in [1.82, 2.24) is 5.32 Å². The number of nitrogens with one attached hydrogen (secondary N) is 2. The lowest BCUT2D eigenvalue weighted by atomic mass is 10.2. The Labute approximate surface area is 123 Å². The zero-order valence-electron chi connectivity index (χ0n) is 11.1. The number of benzene rings is 1. The molecule has 1 saturated carbocycles. The van der Waals surface area contributed by atoms with Gasteiger partial charge in [0, 0.05) is 17.1 Å². The van der Waals surface area contributed by atoms with Crippen molar-refractivity contribution in [2.75, 3.05) is 11.3 Å². The first-order valence-electron chi connectivity index (χ1n) is 6.39. The van der Waals surface area contributed by atoms with Crippen LogP contribution in [0.4, 0.5) is 5.69 Å². The van der Waals surface area contributed by atoms with Crippen molar-refractivity contribution < 1.29 is 8.42 Å². The Kier molecular flexibility index (Phi) is 4.53. The zero-order valence-corrected chi connectivity index (χ0v) is 13.5. The highest BCUT2D eigenvalue weighted by Crippen LogP contribution is 2.25. The predicted octanol–water partition coefficient (Wildman–Crippen LogP) is 2.64. The Balaban J connectivity index is 2.04. The van der Waals surface area contributed by atoms with E-state index < -0.39 is 15.3 Å². The van der Waals surface area contributed by atoms with Crippen molar-refractivity contribution in [3.05, 3.63) is 28.2 Å². The molecule has 2 rings (SSSR count). The fraction of sp³-hybridized carbons (Fsp3) is 0.538. The fourth-order valence-corrected chi connectivity index (χ4v) is 3.17. The van der Waals surface area contributed by atoms with Crippen LogP contribution >= 0.6 is 15.9 Å². The first-order chi connectivity index (χ1) is 8.88. The van der Waals surface area contributed by atoms with Gasteiger partial charge in [0.1, 0.15) is 0 Å². The largest absolute Gasteiger partial charge is 0.313 e. The van der Waals surface area contributed by atoms with E-state index in [0.29, 0.717) is 18.3 Å². The molecule has 1 aromatic rings. The molecule has 106 valence electrons. The molecule has 1 aliphatic carbocycles. The van der Waals surface area contributed by atoms with Crippen molar-refractivity contribution in [2.24, 2.45) is 0 Å². The molecule has 1 aromatic carbocycles. The molecule has 1 aliphatic rings. The maximum Gasteiger partial charge on any atom is 0.236 e. The number of anilines is 1. The van der Waals surface area contributed by atoms with Gasteiger partial charge in [0.15, 0.2) is 0 Å². The van der Waals surface area contributed by atoms with E-state index in [9.17, 15) is 8.42 Å². The summed E-state index contributed by atoms with van der Waals surface area (Å²) in [6.45, 7) is 4.15. The van der Waals surface area contributed by atoms with E-state index in [-0.39, 0.29) is 0 Å². The molecular weight excluding hydrogens is 328 g/mol. The van der Waals surface area contributed by atoms with Gasteiger partial charge in [-0.25, -0.2) is 8.42 Å². The first kappa shape index (κ1) is 14.8. The van der Waals surface area contributed by atoms with E-state index in [2.05, 4.69) is 26.0 Å². The van der Waals surface area contributed by atoms with Crippen molar-refractivity contribution in [1.29, 1.82) is 0 Å². The summed E-state index contributed by atoms with van der Waals surface area (Å²) in [5, 5.41) is 2.79. The van der Waals surface area contributed by atoms with Gasteiger partial charge in [0.25, 0.3) is 0 Å². The number of halogens is 1. The van der Waals surface area contributed by atoms with Crippen LogP contribution in [0.1, 0.15) is 25.3 Å². The Bertz CT molecular complexity index is 556. The average Bonchev–Trinajstić information content (AvgIpc) is 3.14. The molecule has 1 unspecified atom stereocenters. The topological polar surface area (TPSA) is 58.2 Å². The number of hydrogen-bond donors (Lipinski definition) is 2. The molecule has 0 aliphatic heterocycles. The molecule has 6 heteroatoms. The lowest BCUT2D eigenvalue weighted by molar-refractivity contribution is 0.576. The van der Waals surface area contributed by atoms with Crippen LogP contribution in [-0.4, -0.2) is 26.3 Å². The maximum absolute atomic E-state index is 12.2. The predicted molar refractivity (Wildman–Crippen MR) is 81.9 cm³/mol. The van der Waals surface area contributed by atoms with Gasteiger partial charge in [-0.15, -0.1) is 0 Å². The van der Waals surface area contributed by atoms with Gasteiger partial charge in [-0.05, 0) is 60.3 Å². The molecule has 19 heavy (non-hydrogen) atoms. The molecule has 4 nitrogen and oxygen atoms in total. The third-order valence-electron chi connectivity index (χ3n) is 3.18. The van der Waals surface area contributed by atoms with Crippen LogP contribution in [0.2, 0.25) is 0 Å². The quantitative estimate of drug-likeness (QED) is 0.832. The summed E-state index contributed by atoms with van der Waals surface area (Å²) in [7, 11) is -3.36. The Morgan fingerprint density at radius 2 is 2.11 bits per heavy atom. The van der Waals surface area contributed by atoms with Gasteiger partial charge in [-0.3, -0.25) is 4.72 Å². The molecule has 0 spiro atoms. The van der Waals surface area contributed by atoms with Crippen LogP contribution in [0.15, 0.2) is 22.7 Å². The van der Waals surface area contributed by atoms with Gasteiger partial charge in [0.2, 0.25) is 10.0 Å². The smallest absolute Gasteiger partial charge is 0.236 e. The lowest BCUT2D eigenvalue weighted by Crippen LogP contribution is -2.35. The van der Waals surface area contributed by atoms with Crippen LogP contribution in [0.3, 0.4) is 0 Å². The fourth-order valence-electron chi connectivity index (χ4n) is 1.70. The first-order valence-corrected chi connectivity index (χ1v) is 8.73. The van der Waals surface area contributed by atoms with E-state index in [1.54, 1.807) is 6.92 Å². The molecule has 1 atom stereocenters. The molecule has 0 radical (unpaired) electrons. The summed E-state index contributed by atoms with van der Waals surface area (Å²) in [5.74, 6) is 0. The average molecular weight is 347 g/mol. The van der Waals surface area contributed by atoms with Crippen molar-refractivity contribution in [2.45, 2.75) is 38.0 Å². The highest BCUT2D eigenvalue weighted by Gasteiger charge is 2.26. The third kappa shape index (κ3) is 4.19. The number of sulfonamides is 1. The Morgan fingerprint density at radius 1 is 1.42 bits per heavy atom. The monoisotopic (exact) mass is 346 g/mol. The van der Waals surface area contributed by atoms with Crippen LogP contribution in [0.5, 0.6) is 0 Å². The highest BCUT2D eigenvalue weighted by atomic mass is 79.9. The Hall–Kier alpha value is -0.590. The SMILES string of the molecule is Cc1ccc(Br)c(NS(=O)(=O)C(C)CNC2CC2)c1. The van der Waals surface area contributed by atoms with Crippen LogP contribution in [-0.2, 0) is 10.0 Å². The molecule has 2 N–H and O–H groups in total. The van der Waals surface area contributed by atoms with Gasteiger partial charge < -0.3 is 5.32 Å². The van der Waals surface area contributed by atoms with E-state index in [0.717, 1.165) is 22.9 Å². The molecule has 1 fully saturated rings. The molecular formula is C13H19BrN2O2S. The summed E-state index contributed by atoms with van der Waals surface area (Å²) in [4.78, 5) is 0. The number of hydrogen-bond acceptors (Lipinski definition) is 3.